The number of esters is 1. The maximum Gasteiger partial charge on any atom is 0.337 e. The Morgan fingerprint density at radius 2 is 1.76 bits per heavy atom. The van der Waals surface area contributed by atoms with Crippen molar-refractivity contribution < 1.29 is 14.6 Å². The average Bonchev–Trinajstić information content (AvgIpc) is 2.66. The molecule has 0 bridgehead atoms. The van der Waals surface area contributed by atoms with E-state index in [0.717, 1.165) is 24.1 Å². The number of hydrogen-bond donors (Lipinski definition) is 1. The highest BCUT2D eigenvalue weighted by Crippen LogP contribution is 2.17. The van der Waals surface area contributed by atoms with Gasteiger partial charge in [0, 0.05) is 12.6 Å². The van der Waals surface area contributed by atoms with Gasteiger partial charge in [0.1, 0.15) is 0 Å². The molecule has 2 rings (SSSR count). The molecule has 25 heavy (non-hydrogen) atoms. The van der Waals surface area contributed by atoms with Gasteiger partial charge < -0.3 is 9.84 Å². The summed E-state index contributed by atoms with van der Waals surface area (Å²) in [6.45, 7) is 5.73. The summed E-state index contributed by atoms with van der Waals surface area (Å²) >= 11 is 0. The van der Waals surface area contributed by atoms with Crippen LogP contribution >= 0.6 is 0 Å². The van der Waals surface area contributed by atoms with Gasteiger partial charge in [-0.2, -0.15) is 0 Å². The van der Waals surface area contributed by atoms with Crippen LogP contribution in [0, 0.1) is 0 Å². The Labute approximate surface area is 150 Å². The van der Waals surface area contributed by atoms with Crippen LogP contribution in [0.5, 0.6) is 0 Å². The van der Waals surface area contributed by atoms with Crippen LogP contribution in [-0.4, -0.2) is 42.2 Å². The van der Waals surface area contributed by atoms with Crippen molar-refractivity contribution in [3.63, 3.8) is 0 Å². The Morgan fingerprint density at radius 3 is 2.32 bits per heavy atom. The molecular formula is C21H27NO3. The van der Waals surface area contributed by atoms with Gasteiger partial charge >= 0.3 is 5.97 Å². The zero-order valence-corrected chi connectivity index (χ0v) is 15.2. The fraction of sp³-hybridized carbons (Fsp3) is 0.381. The van der Waals surface area contributed by atoms with Crippen LogP contribution in [-0.2, 0) is 11.2 Å². The summed E-state index contributed by atoms with van der Waals surface area (Å²) in [5, 5.41) is 10.5. The van der Waals surface area contributed by atoms with Crippen molar-refractivity contribution in [3.05, 3.63) is 71.3 Å². The second kappa shape index (κ2) is 9.35. The molecular weight excluding hydrogens is 314 g/mol. The number of benzene rings is 2. The van der Waals surface area contributed by atoms with Gasteiger partial charge in [-0.05, 0) is 43.1 Å². The Bertz CT molecular complexity index is 655. The lowest BCUT2D eigenvalue weighted by atomic mass is 10.0. The van der Waals surface area contributed by atoms with Gasteiger partial charge in [-0.3, -0.25) is 4.90 Å². The maximum atomic E-state index is 11.5. The van der Waals surface area contributed by atoms with E-state index in [2.05, 4.69) is 18.7 Å². The molecule has 0 amide bonds. The van der Waals surface area contributed by atoms with Crippen LogP contribution in [0.2, 0.25) is 0 Å². The average molecular weight is 341 g/mol. The summed E-state index contributed by atoms with van der Waals surface area (Å²) < 4.78 is 4.72. The van der Waals surface area contributed by atoms with Gasteiger partial charge in [0.25, 0.3) is 0 Å². The van der Waals surface area contributed by atoms with Gasteiger partial charge in [0.15, 0.2) is 0 Å². The second-order valence-electron chi connectivity index (χ2n) is 6.26. The molecule has 2 unspecified atom stereocenters. The summed E-state index contributed by atoms with van der Waals surface area (Å²) in [4.78, 5) is 13.8. The lowest BCUT2D eigenvalue weighted by molar-refractivity contribution is 0.0600. The van der Waals surface area contributed by atoms with Gasteiger partial charge in [-0.25, -0.2) is 4.79 Å². The molecule has 0 saturated carbocycles. The minimum absolute atomic E-state index is 0.285. The summed E-state index contributed by atoms with van der Waals surface area (Å²) in [6, 6.07) is 17.5. The molecule has 0 aliphatic carbocycles. The first-order valence-corrected chi connectivity index (χ1v) is 8.69. The number of hydrogen-bond acceptors (Lipinski definition) is 4. The molecule has 0 fully saturated rings. The number of carbonyl (C=O) groups excluding carboxylic acids is 1. The van der Waals surface area contributed by atoms with Crippen LogP contribution < -0.4 is 0 Å². The molecule has 0 aliphatic heterocycles. The molecule has 0 aromatic heterocycles. The van der Waals surface area contributed by atoms with Crippen LogP contribution in [0.3, 0.4) is 0 Å². The van der Waals surface area contributed by atoms with Crippen LogP contribution in [0.15, 0.2) is 54.6 Å². The van der Waals surface area contributed by atoms with Crippen molar-refractivity contribution in [3.8, 4) is 0 Å². The molecule has 2 aromatic rings. The molecule has 2 aromatic carbocycles. The highest BCUT2D eigenvalue weighted by molar-refractivity contribution is 5.89. The molecule has 0 aliphatic rings. The van der Waals surface area contributed by atoms with E-state index in [-0.39, 0.29) is 12.0 Å². The maximum absolute atomic E-state index is 11.5. The monoisotopic (exact) mass is 341 g/mol. The smallest absolute Gasteiger partial charge is 0.337 e. The number of aliphatic hydroxyl groups is 1. The number of aliphatic hydroxyl groups excluding tert-OH is 1. The van der Waals surface area contributed by atoms with E-state index < -0.39 is 6.10 Å². The summed E-state index contributed by atoms with van der Waals surface area (Å²) in [6.07, 6.45) is 0.363. The SMILES string of the molecule is CCN(CC(O)c1ccccc1)C(C)Cc1ccc(C(=O)OC)cc1. The molecule has 1 N–H and O–H groups in total. The van der Waals surface area contributed by atoms with E-state index in [0.29, 0.717) is 12.1 Å². The van der Waals surface area contributed by atoms with E-state index in [1.54, 1.807) is 12.1 Å². The third-order valence-corrected chi connectivity index (χ3v) is 4.53. The quantitative estimate of drug-likeness (QED) is 0.747. The number of nitrogens with zero attached hydrogens (tertiary/aromatic N) is 1. The fourth-order valence-corrected chi connectivity index (χ4v) is 2.99. The van der Waals surface area contributed by atoms with Crippen molar-refractivity contribution in [2.75, 3.05) is 20.2 Å². The first-order valence-electron chi connectivity index (χ1n) is 8.69. The van der Waals surface area contributed by atoms with Crippen molar-refractivity contribution in [1.82, 2.24) is 4.90 Å². The van der Waals surface area contributed by atoms with Crippen molar-refractivity contribution >= 4 is 5.97 Å². The number of likely N-dealkylation sites (N-methyl/N-ethyl adjacent to an activating group) is 1. The van der Waals surface area contributed by atoms with Crippen LogP contribution in [0.4, 0.5) is 0 Å². The standard InChI is InChI=1S/C21H27NO3/c1-4-22(15-20(23)18-8-6-5-7-9-18)16(2)14-17-10-12-19(13-11-17)21(24)25-3/h5-13,16,20,23H,4,14-15H2,1-3H3. The van der Waals surface area contributed by atoms with Crippen LogP contribution in [0.1, 0.15) is 41.4 Å². The highest BCUT2D eigenvalue weighted by atomic mass is 16.5. The van der Waals surface area contributed by atoms with Crippen molar-refractivity contribution in [1.29, 1.82) is 0 Å². The van der Waals surface area contributed by atoms with Crippen molar-refractivity contribution in [2.45, 2.75) is 32.4 Å². The topological polar surface area (TPSA) is 49.8 Å². The number of ether oxygens (including phenoxy) is 1. The summed E-state index contributed by atoms with van der Waals surface area (Å²) in [7, 11) is 1.38. The molecule has 2 atom stereocenters. The molecule has 0 saturated heterocycles. The third kappa shape index (κ3) is 5.41. The predicted octanol–water partition coefficient (Wildman–Crippen LogP) is 3.46. The Kier molecular flexibility index (Phi) is 7.16. The lowest BCUT2D eigenvalue weighted by Crippen LogP contribution is -2.37. The van der Waals surface area contributed by atoms with E-state index in [1.807, 2.05) is 42.5 Å². The Morgan fingerprint density at radius 1 is 1.12 bits per heavy atom. The number of rotatable bonds is 8. The molecule has 4 nitrogen and oxygen atoms in total. The second-order valence-corrected chi connectivity index (χ2v) is 6.26. The first-order chi connectivity index (χ1) is 12.0. The van der Waals surface area contributed by atoms with Gasteiger partial charge in [0.05, 0.1) is 18.8 Å². The van der Waals surface area contributed by atoms with Gasteiger partial charge in [-0.1, -0.05) is 49.4 Å². The number of carbonyl (C=O) groups is 1. The zero-order valence-electron chi connectivity index (χ0n) is 15.2. The van der Waals surface area contributed by atoms with Crippen molar-refractivity contribution in [2.24, 2.45) is 0 Å². The fourth-order valence-electron chi connectivity index (χ4n) is 2.99. The largest absolute Gasteiger partial charge is 0.465 e. The minimum atomic E-state index is -0.495. The van der Waals surface area contributed by atoms with E-state index >= 15 is 0 Å². The number of methoxy groups -OCH3 is 1. The summed E-state index contributed by atoms with van der Waals surface area (Å²) in [5.74, 6) is -0.319. The molecule has 134 valence electrons. The molecule has 0 radical (unpaired) electrons. The minimum Gasteiger partial charge on any atom is -0.465 e. The molecule has 4 heteroatoms. The van der Waals surface area contributed by atoms with E-state index in [9.17, 15) is 9.90 Å². The lowest BCUT2D eigenvalue weighted by Gasteiger charge is -2.30. The van der Waals surface area contributed by atoms with Crippen LogP contribution in [0.25, 0.3) is 0 Å². The molecule has 0 spiro atoms. The van der Waals surface area contributed by atoms with E-state index in [4.69, 9.17) is 4.74 Å². The van der Waals surface area contributed by atoms with Gasteiger partial charge in [-0.15, -0.1) is 0 Å². The highest BCUT2D eigenvalue weighted by Gasteiger charge is 2.18. The Hall–Kier alpha value is -2.17. The first kappa shape index (κ1) is 19.2. The van der Waals surface area contributed by atoms with Gasteiger partial charge in [0.2, 0.25) is 0 Å². The molecule has 0 heterocycles. The predicted molar refractivity (Wildman–Crippen MR) is 99.6 cm³/mol. The van der Waals surface area contributed by atoms with E-state index in [1.165, 1.54) is 7.11 Å². The normalized spacial score (nSPS) is 13.5. The third-order valence-electron chi connectivity index (χ3n) is 4.53. The Balaban J connectivity index is 1.97. The summed E-state index contributed by atoms with van der Waals surface area (Å²) in [5.41, 5.74) is 2.66. The zero-order chi connectivity index (χ0) is 18.2.